The Bertz CT molecular complexity index is 702. The third-order valence-electron chi connectivity index (χ3n) is 5.89. The normalized spacial score (nSPS) is 27.5. The highest BCUT2D eigenvalue weighted by molar-refractivity contribution is 5.94. The Morgan fingerprint density at radius 2 is 1.96 bits per heavy atom. The number of rotatable bonds is 2. The number of hydrogen-bond acceptors (Lipinski definition) is 5. The molecule has 3 aliphatic heterocycles. The molecule has 3 aliphatic rings. The number of aliphatic hydroxyl groups excluding tert-OH is 1. The summed E-state index contributed by atoms with van der Waals surface area (Å²) < 4.78 is 0. The second kappa shape index (κ2) is 6.32. The van der Waals surface area contributed by atoms with Gasteiger partial charge in [-0.25, -0.2) is 0 Å². The zero-order chi connectivity index (χ0) is 18.5. The molecule has 26 heavy (non-hydrogen) atoms. The van der Waals surface area contributed by atoms with Crippen LogP contribution in [0.5, 0.6) is 0 Å². The predicted octanol–water partition coefficient (Wildman–Crippen LogP) is 0.210. The molecule has 3 saturated heterocycles. The van der Waals surface area contributed by atoms with Crippen molar-refractivity contribution in [3.8, 4) is 0 Å². The first-order valence-electron chi connectivity index (χ1n) is 9.32. The molecule has 1 N–H and O–H groups in total. The molecular weight excluding hydrogens is 332 g/mol. The van der Waals surface area contributed by atoms with Gasteiger partial charge in [0.1, 0.15) is 0 Å². The number of aliphatic hydroxyl groups is 1. The van der Waals surface area contributed by atoms with Crippen molar-refractivity contribution in [1.82, 2.24) is 19.7 Å². The molecule has 3 fully saturated rings. The van der Waals surface area contributed by atoms with Crippen molar-refractivity contribution in [3.05, 3.63) is 30.1 Å². The smallest absolute Gasteiger partial charge is 0.255 e. The van der Waals surface area contributed by atoms with Gasteiger partial charge in [-0.15, -0.1) is 0 Å². The molecule has 140 valence electrons. The maximum absolute atomic E-state index is 12.9. The highest BCUT2D eigenvalue weighted by Crippen LogP contribution is 2.39. The van der Waals surface area contributed by atoms with Crippen molar-refractivity contribution in [1.29, 1.82) is 0 Å². The Labute approximate surface area is 153 Å². The summed E-state index contributed by atoms with van der Waals surface area (Å²) in [6.07, 6.45) is 3.57. The van der Waals surface area contributed by atoms with E-state index >= 15 is 0 Å². The molecule has 2 amide bonds. The van der Waals surface area contributed by atoms with E-state index in [2.05, 4.69) is 9.88 Å². The lowest BCUT2D eigenvalue weighted by molar-refractivity contribution is -0.157. The fraction of sp³-hybridized carbons (Fsp3) is 0.632. The quantitative estimate of drug-likeness (QED) is 0.818. The first kappa shape index (κ1) is 17.4. The van der Waals surface area contributed by atoms with Gasteiger partial charge >= 0.3 is 0 Å². The molecule has 0 radical (unpaired) electrons. The van der Waals surface area contributed by atoms with Crippen molar-refractivity contribution in [2.45, 2.75) is 38.0 Å². The van der Waals surface area contributed by atoms with Gasteiger partial charge in [-0.1, -0.05) is 13.8 Å². The molecule has 1 aromatic heterocycles. The summed E-state index contributed by atoms with van der Waals surface area (Å²) in [4.78, 5) is 35.4. The fourth-order valence-electron chi connectivity index (χ4n) is 4.70. The molecule has 7 nitrogen and oxygen atoms in total. The van der Waals surface area contributed by atoms with Crippen molar-refractivity contribution in [3.63, 3.8) is 0 Å². The third kappa shape index (κ3) is 2.79. The molecule has 0 aliphatic carbocycles. The SMILES string of the molecule is CC(C)C(=O)N1CC2(CN(C(=O)c3cccnc3)C[C@@H]3C[C@@H](O)CN32)C1. The highest BCUT2D eigenvalue weighted by atomic mass is 16.3. The van der Waals surface area contributed by atoms with E-state index in [1.54, 1.807) is 24.5 Å². The molecule has 2 atom stereocenters. The van der Waals surface area contributed by atoms with Crippen molar-refractivity contribution in [2.24, 2.45) is 5.92 Å². The zero-order valence-electron chi connectivity index (χ0n) is 15.3. The standard InChI is InChI=1S/C19H26N4O3/c1-13(2)17(25)22-11-19(12-22)10-21(8-15-6-16(24)9-23(15)19)18(26)14-4-3-5-20-7-14/h3-5,7,13,15-16,24H,6,8-12H2,1-2H3/t15-,16+/m0/s1. The summed E-state index contributed by atoms with van der Waals surface area (Å²) in [5, 5.41) is 10.2. The monoisotopic (exact) mass is 358 g/mol. The van der Waals surface area contributed by atoms with E-state index in [1.807, 2.05) is 23.6 Å². The van der Waals surface area contributed by atoms with Crippen molar-refractivity contribution < 1.29 is 14.7 Å². The lowest BCUT2D eigenvalue weighted by Crippen LogP contribution is -2.79. The lowest BCUT2D eigenvalue weighted by atomic mass is 9.83. The third-order valence-corrected chi connectivity index (χ3v) is 5.89. The Kier molecular flexibility index (Phi) is 4.23. The highest BCUT2D eigenvalue weighted by Gasteiger charge is 2.57. The van der Waals surface area contributed by atoms with Crippen LogP contribution in [0.15, 0.2) is 24.5 Å². The van der Waals surface area contributed by atoms with Crippen LogP contribution in [0, 0.1) is 5.92 Å². The van der Waals surface area contributed by atoms with Gasteiger partial charge in [0.15, 0.2) is 0 Å². The number of aromatic nitrogens is 1. The van der Waals surface area contributed by atoms with E-state index in [0.29, 0.717) is 44.7 Å². The van der Waals surface area contributed by atoms with E-state index in [0.717, 1.165) is 0 Å². The Hall–Kier alpha value is -1.99. The van der Waals surface area contributed by atoms with E-state index in [9.17, 15) is 14.7 Å². The number of fused-ring (bicyclic) bond motifs is 2. The van der Waals surface area contributed by atoms with Gasteiger partial charge in [0, 0.05) is 57.1 Å². The van der Waals surface area contributed by atoms with E-state index < -0.39 is 0 Å². The van der Waals surface area contributed by atoms with Crippen LogP contribution in [-0.2, 0) is 4.79 Å². The summed E-state index contributed by atoms with van der Waals surface area (Å²) in [6, 6.07) is 3.70. The van der Waals surface area contributed by atoms with Gasteiger partial charge in [0.25, 0.3) is 5.91 Å². The zero-order valence-corrected chi connectivity index (χ0v) is 15.3. The number of carbonyl (C=O) groups is 2. The number of hydrogen-bond donors (Lipinski definition) is 1. The number of amides is 2. The van der Waals surface area contributed by atoms with Gasteiger partial charge in [0.05, 0.1) is 17.2 Å². The number of likely N-dealkylation sites (tertiary alicyclic amines) is 1. The van der Waals surface area contributed by atoms with E-state index in [4.69, 9.17) is 0 Å². The molecular formula is C19H26N4O3. The minimum absolute atomic E-state index is 0.0212. The molecule has 0 unspecified atom stereocenters. The Morgan fingerprint density at radius 3 is 2.62 bits per heavy atom. The van der Waals surface area contributed by atoms with Crippen LogP contribution >= 0.6 is 0 Å². The summed E-state index contributed by atoms with van der Waals surface area (Å²) >= 11 is 0. The van der Waals surface area contributed by atoms with Crippen LogP contribution in [0.2, 0.25) is 0 Å². The average Bonchev–Trinajstić information content (AvgIpc) is 2.98. The van der Waals surface area contributed by atoms with Gasteiger partial charge in [-0.3, -0.25) is 19.5 Å². The molecule has 1 spiro atoms. The maximum atomic E-state index is 12.9. The lowest BCUT2D eigenvalue weighted by Gasteiger charge is -2.61. The van der Waals surface area contributed by atoms with Crippen LogP contribution in [-0.4, -0.2) is 87.0 Å². The summed E-state index contributed by atoms with van der Waals surface area (Å²) in [5.74, 6) is 0.110. The van der Waals surface area contributed by atoms with Crippen LogP contribution in [0.25, 0.3) is 0 Å². The maximum Gasteiger partial charge on any atom is 0.255 e. The Balaban J connectivity index is 1.55. The average molecular weight is 358 g/mol. The van der Waals surface area contributed by atoms with E-state index in [-0.39, 0.29) is 35.4 Å². The minimum atomic E-state index is -0.361. The molecule has 4 heterocycles. The van der Waals surface area contributed by atoms with E-state index in [1.165, 1.54) is 0 Å². The number of piperazine rings is 1. The second-order valence-corrected chi connectivity index (χ2v) is 8.20. The van der Waals surface area contributed by atoms with Crippen molar-refractivity contribution in [2.75, 3.05) is 32.7 Å². The van der Waals surface area contributed by atoms with Gasteiger partial charge in [-0.2, -0.15) is 0 Å². The molecule has 0 saturated carbocycles. The number of β-amino-alcohol motifs (C(OH)–C–C–N with tert-alkyl or cyclic N) is 1. The van der Waals surface area contributed by atoms with Crippen LogP contribution in [0.1, 0.15) is 30.6 Å². The van der Waals surface area contributed by atoms with Crippen LogP contribution in [0.4, 0.5) is 0 Å². The Morgan fingerprint density at radius 1 is 1.23 bits per heavy atom. The molecule has 0 aromatic carbocycles. The largest absolute Gasteiger partial charge is 0.392 e. The van der Waals surface area contributed by atoms with Gasteiger partial charge in [0.2, 0.25) is 5.91 Å². The number of carbonyl (C=O) groups excluding carboxylic acids is 2. The molecule has 0 bridgehead atoms. The topological polar surface area (TPSA) is 77.0 Å². The number of nitrogens with zero attached hydrogens (tertiary/aromatic N) is 4. The number of pyridine rings is 1. The molecule has 4 rings (SSSR count). The van der Waals surface area contributed by atoms with Crippen LogP contribution in [0.3, 0.4) is 0 Å². The summed E-state index contributed by atoms with van der Waals surface area (Å²) in [7, 11) is 0. The first-order valence-corrected chi connectivity index (χ1v) is 9.32. The summed E-state index contributed by atoms with van der Waals surface area (Å²) in [6.45, 7) is 6.91. The predicted molar refractivity (Wildman–Crippen MR) is 95.4 cm³/mol. The van der Waals surface area contributed by atoms with Gasteiger partial charge < -0.3 is 14.9 Å². The van der Waals surface area contributed by atoms with Gasteiger partial charge in [-0.05, 0) is 18.6 Å². The minimum Gasteiger partial charge on any atom is -0.392 e. The second-order valence-electron chi connectivity index (χ2n) is 8.20. The van der Waals surface area contributed by atoms with Crippen LogP contribution < -0.4 is 0 Å². The summed E-state index contributed by atoms with van der Waals surface area (Å²) in [5.41, 5.74) is 0.354. The molecule has 7 heteroatoms. The first-order chi connectivity index (χ1) is 12.4. The van der Waals surface area contributed by atoms with Crippen molar-refractivity contribution >= 4 is 11.8 Å². The fourth-order valence-corrected chi connectivity index (χ4v) is 4.70. The molecule has 1 aromatic rings.